The van der Waals surface area contributed by atoms with Crippen LogP contribution in [0.3, 0.4) is 0 Å². The molecule has 0 aromatic heterocycles. The predicted octanol–water partition coefficient (Wildman–Crippen LogP) is 4.54. The predicted molar refractivity (Wildman–Crippen MR) is 110 cm³/mol. The van der Waals surface area contributed by atoms with Gasteiger partial charge < -0.3 is 18.9 Å². The number of benzene rings is 3. The fourth-order valence-electron chi connectivity index (χ4n) is 2.89. The summed E-state index contributed by atoms with van der Waals surface area (Å²) in [6.07, 6.45) is 3.21. The lowest BCUT2D eigenvalue weighted by Crippen LogP contribution is -2.08. The summed E-state index contributed by atoms with van der Waals surface area (Å²) in [6, 6.07) is 18.6. The van der Waals surface area contributed by atoms with Crippen molar-refractivity contribution in [3.63, 3.8) is 0 Å². The van der Waals surface area contributed by atoms with E-state index in [2.05, 4.69) is 0 Å². The number of hydrogen-bond acceptors (Lipinski definition) is 6. The third-order valence-corrected chi connectivity index (χ3v) is 4.48. The molecule has 150 valence electrons. The zero-order valence-corrected chi connectivity index (χ0v) is 16.2. The van der Waals surface area contributed by atoms with E-state index in [0.717, 1.165) is 11.3 Å². The average molecular weight is 402 g/mol. The van der Waals surface area contributed by atoms with Gasteiger partial charge in [0.25, 0.3) is 0 Å². The molecule has 0 bridgehead atoms. The van der Waals surface area contributed by atoms with Gasteiger partial charge in [-0.15, -0.1) is 0 Å². The van der Waals surface area contributed by atoms with E-state index < -0.39 is 5.97 Å². The summed E-state index contributed by atoms with van der Waals surface area (Å²) in [4.78, 5) is 24.7. The molecule has 0 N–H and O–H groups in total. The molecule has 3 aromatic rings. The van der Waals surface area contributed by atoms with Crippen LogP contribution in [0.5, 0.6) is 23.0 Å². The van der Waals surface area contributed by atoms with Crippen LogP contribution in [-0.4, -0.2) is 25.7 Å². The van der Waals surface area contributed by atoms with Gasteiger partial charge in [0, 0.05) is 5.56 Å². The molecule has 0 fully saturated rings. The summed E-state index contributed by atoms with van der Waals surface area (Å²) in [5, 5.41) is 0. The molecule has 0 atom stereocenters. The fourth-order valence-corrected chi connectivity index (χ4v) is 2.89. The van der Waals surface area contributed by atoms with Crippen LogP contribution in [0.1, 0.15) is 26.3 Å². The maximum atomic E-state index is 12.4. The van der Waals surface area contributed by atoms with Crippen molar-refractivity contribution in [1.29, 1.82) is 0 Å². The Morgan fingerprint density at radius 2 is 1.63 bits per heavy atom. The number of fused-ring (bicyclic) bond motifs is 1. The van der Waals surface area contributed by atoms with Gasteiger partial charge in [-0.3, -0.25) is 4.79 Å². The van der Waals surface area contributed by atoms with E-state index in [-0.39, 0.29) is 12.6 Å². The van der Waals surface area contributed by atoms with E-state index in [1.165, 1.54) is 6.08 Å². The molecule has 0 saturated heterocycles. The second-order valence-electron chi connectivity index (χ2n) is 6.46. The van der Waals surface area contributed by atoms with Gasteiger partial charge in [0.1, 0.15) is 11.5 Å². The molecule has 4 rings (SSSR count). The molecule has 3 aromatic carbocycles. The number of esters is 1. The highest BCUT2D eigenvalue weighted by Crippen LogP contribution is 2.32. The number of hydrogen-bond donors (Lipinski definition) is 0. The van der Waals surface area contributed by atoms with Crippen molar-refractivity contribution in [3.05, 3.63) is 89.5 Å². The van der Waals surface area contributed by atoms with Gasteiger partial charge >= 0.3 is 5.97 Å². The molecule has 1 aliphatic rings. The van der Waals surface area contributed by atoms with Gasteiger partial charge in [-0.25, -0.2) is 4.79 Å². The molecule has 6 heteroatoms. The van der Waals surface area contributed by atoms with Gasteiger partial charge in [0.05, 0.1) is 12.7 Å². The summed E-state index contributed by atoms with van der Waals surface area (Å²) in [5.41, 5.74) is 1.69. The van der Waals surface area contributed by atoms with E-state index in [9.17, 15) is 9.59 Å². The van der Waals surface area contributed by atoms with Crippen LogP contribution in [0.2, 0.25) is 0 Å². The second kappa shape index (κ2) is 8.53. The average Bonchev–Trinajstić information content (AvgIpc) is 3.26. The van der Waals surface area contributed by atoms with Gasteiger partial charge in [-0.05, 0) is 66.2 Å². The fraction of sp³-hybridized carbons (Fsp3) is 0.0833. The lowest BCUT2D eigenvalue weighted by molar-refractivity contribution is 0.0734. The number of ether oxygens (including phenoxy) is 4. The molecular formula is C24H18O6. The monoisotopic (exact) mass is 402 g/mol. The minimum Gasteiger partial charge on any atom is -0.497 e. The van der Waals surface area contributed by atoms with Crippen LogP contribution in [-0.2, 0) is 0 Å². The highest BCUT2D eigenvalue weighted by atomic mass is 16.7. The molecule has 30 heavy (non-hydrogen) atoms. The van der Waals surface area contributed by atoms with Gasteiger partial charge in [0.2, 0.25) is 6.79 Å². The lowest BCUT2D eigenvalue weighted by Gasteiger charge is -2.06. The van der Waals surface area contributed by atoms with Crippen LogP contribution in [0.25, 0.3) is 6.08 Å². The third-order valence-electron chi connectivity index (χ3n) is 4.48. The standard InChI is InChI=1S/C24H18O6/c1-27-20-4-2-3-16(13-20)5-11-21(25)17-6-9-19(10-7-17)30-24(26)18-8-12-22-23(14-18)29-15-28-22/h2-14H,15H2,1H3. The first-order chi connectivity index (χ1) is 14.6. The third kappa shape index (κ3) is 4.33. The smallest absolute Gasteiger partial charge is 0.343 e. The first-order valence-electron chi connectivity index (χ1n) is 9.21. The Kier molecular flexibility index (Phi) is 5.48. The SMILES string of the molecule is COc1cccc(C=CC(=O)c2ccc(OC(=O)c3ccc4c(c3)OCO4)cc2)c1. The molecule has 6 nitrogen and oxygen atoms in total. The van der Waals surface area contributed by atoms with Crippen molar-refractivity contribution < 1.29 is 28.5 Å². The molecule has 0 spiro atoms. The van der Waals surface area contributed by atoms with Gasteiger partial charge in [0.15, 0.2) is 17.3 Å². The van der Waals surface area contributed by atoms with Crippen LogP contribution in [0.4, 0.5) is 0 Å². The van der Waals surface area contributed by atoms with Crippen molar-refractivity contribution >= 4 is 17.8 Å². The largest absolute Gasteiger partial charge is 0.497 e. The minimum absolute atomic E-state index is 0.135. The number of methoxy groups -OCH3 is 1. The van der Waals surface area contributed by atoms with Crippen LogP contribution in [0, 0.1) is 0 Å². The zero-order valence-electron chi connectivity index (χ0n) is 16.2. The molecule has 0 saturated carbocycles. The lowest BCUT2D eigenvalue weighted by atomic mass is 10.1. The highest BCUT2D eigenvalue weighted by molar-refractivity contribution is 6.06. The molecule has 0 aliphatic carbocycles. The molecule has 1 aliphatic heterocycles. The van der Waals surface area contributed by atoms with Crippen molar-refractivity contribution in [2.75, 3.05) is 13.9 Å². The summed E-state index contributed by atoms with van der Waals surface area (Å²) in [7, 11) is 1.59. The Morgan fingerprint density at radius 3 is 2.43 bits per heavy atom. The normalized spacial score (nSPS) is 12.0. The summed E-state index contributed by atoms with van der Waals surface area (Å²) >= 11 is 0. The van der Waals surface area contributed by atoms with Crippen molar-refractivity contribution in [2.24, 2.45) is 0 Å². The summed E-state index contributed by atoms with van der Waals surface area (Å²) in [5.74, 6) is 1.48. The number of carbonyl (C=O) groups is 2. The number of ketones is 1. The zero-order chi connectivity index (χ0) is 20.9. The van der Waals surface area contributed by atoms with E-state index in [1.54, 1.807) is 55.7 Å². The maximum absolute atomic E-state index is 12.4. The molecule has 0 radical (unpaired) electrons. The van der Waals surface area contributed by atoms with E-state index in [4.69, 9.17) is 18.9 Å². The highest BCUT2D eigenvalue weighted by Gasteiger charge is 2.17. The van der Waals surface area contributed by atoms with Crippen LogP contribution >= 0.6 is 0 Å². The Hall–Kier alpha value is -4.06. The van der Waals surface area contributed by atoms with Gasteiger partial charge in [-0.2, -0.15) is 0 Å². The van der Waals surface area contributed by atoms with Crippen LogP contribution < -0.4 is 18.9 Å². The minimum atomic E-state index is -0.523. The van der Waals surface area contributed by atoms with E-state index in [1.807, 2.05) is 24.3 Å². The maximum Gasteiger partial charge on any atom is 0.343 e. The number of allylic oxidation sites excluding steroid dienone is 1. The molecular weight excluding hydrogens is 384 g/mol. The Morgan fingerprint density at radius 1 is 0.867 bits per heavy atom. The summed E-state index contributed by atoms with van der Waals surface area (Å²) in [6.45, 7) is 0.135. The van der Waals surface area contributed by atoms with E-state index >= 15 is 0 Å². The second-order valence-corrected chi connectivity index (χ2v) is 6.46. The topological polar surface area (TPSA) is 71.1 Å². The number of carbonyl (C=O) groups excluding carboxylic acids is 2. The first kappa shape index (κ1) is 19.3. The van der Waals surface area contributed by atoms with Crippen LogP contribution in [0.15, 0.2) is 72.8 Å². The first-order valence-corrected chi connectivity index (χ1v) is 9.21. The van der Waals surface area contributed by atoms with Crippen molar-refractivity contribution in [1.82, 2.24) is 0 Å². The van der Waals surface area contributed by atoms with Gasteiger partial charge in [-0.1, -0.05) is 18.2 Å². The summed E-state index contributed by atoms with van der Waals surface area (Å²) < 4.78 is 21.0. The molecule has 0 amide bonds. The quantitative estimate of drug-likeness (QED) is 0.261. The number of rotatable bonds is 6. The molecule has 1 heterocycles. The Bertz CT molecular complexity index is 1110. The van der Waals surface area contributed by atoms with E-state index in [0.29, 0.717) is 28.4 Å². The van der Waals surface area contributed by atoms with Crippen molar-refractivity contribution in [3.8, 4) is 23.0 Å². The molecule has 0 unspecified atom stereocenters. The Balaban J connectivity index is 1.40. The Labute approximate surface area is 173 Å². The van der Waals surface area contributed by atoms with Crippen molar-refractivity contribution in [2.45, 2.75) is 0 Å².